The lowest BCUT2D eigenvalue weighted by molar-refractivity contribution is 0.0525. The van der Waals surface area contributed by atoms with E-state index in [1.807, 2.05) is 58.0 Å². The molecule has 0 amide bonds. The van der Waals surface area contributed by atoms with Gasteiger partial charge < -0.3 is 9.30 Å². The van der Waals surface area contributed by atoms with E-state index in [0.29, 0.717) is 17.3 Å². The van der Waals surface area contributed by atoms with E-state index < -0.39 is 0 Å². The lowest BCUT2D eigenvalue weighted by Crippen LogP contribution is -2.07. The Kier molecular flexibility index (Phi) is 6.08. The molecule has 0 bridgehead atoms. The maximum Gasteiger partial charge on any atom is 0.338 e. The highest BCUT2D eigenvalue weighted by molar-refractivity contribution is 7.99. The quantitative estimate of drug-likeness (QED) is 0.244. The van der Waals surface area contributed by atoms with E-state index in [1.165, 1.54) is 0 Å². The van der Waals surface area contributed by atoms with Gasteiger partial charge in [0.25, 0.3) is 0 Å². The fourth-order valence-corrected chi connectivity index (χ4v) is 4.88. The summed E-state index contributed by atoms with van der Waals surface area (Å²) in [6, 6.07) is 16.1. The number of benzene rings is 2. The number of pyridine rings is 1. The van der Waals surface area contributed by atoms with Crippen LogP contribution in [0.5, 0.6) is 0 Å². The fraction of sp³-hybridized carbons (Fsp3) is 0.200. The molecule has 0 aliphatic rings. The first-order valence-corrected chi connectivity index (χ1v) is 11.3. The van der Waals surface area contributed by atoms with Crippen molar-refractivity contribution in [2.24, 2.45) is 0 Å². The Bertz CT molecular complexity index is 1300. The van der Waals surface area contributed by atoms with Gasteiger partial charge in [0.05, 0.1) is 29.1 Å². The number of fused-ring (bicyclic) bond motifs is 1. The number of esters is 1. The Morgan fingerprint density at radius 1 is 1.10 bits per heavy atom. The average Bonchev–Trinajstić information content (AvgIpc) is 3.11. The second kappa shape index (κ2) is 8.77. The van der Waals surface area contributed by atoms with Gasteiger partial charge in [-0.1, -0.05) is 47.6 Å². The second-order valence-corrected chi connectivity index (χ2v) is 8.77. The Morgan fingerprint density at radius 3 is 2.65 bits per heavy atom. The number of nitrogens with zero attached hydrogens (tertiary/aromatic N) is 2. The minimum Gasteiger partial charge on any atom is -0.462 e. The molecule has 0 aliphatic carbocycles. The average molecular weight is 451 g/mol. The summed E-state index contributed by atoms with van der Waals surface area (Å²) in [6.07, 6.45) is 2.13. The molecule has 0 N–H and O–H groups in total. The zero-order chi connectivity index (χ0) is 22.1. The number of halogens is 1. The molecule has 4 nitrogen and oxygen atoms in total. The molecule has 2 heterocycles. The molecule has 0 saturated carbocycles. The Labute approximate surface area is 191 Å². The number of carbonyl (C=O) groups is 1. The molecule has 158 valence electrons. The Hall–Kier alpha value is -2.76. The first-order chi connectivity index (χ1) is 14.9. The molecule has 2 aromatic heterocycles. The summed E-state index contributed by atoms with van der Waals surface area (Å²) in [6.45, 7) is 8.07. The molecule has 0 saturated heterocycles. The fourth-order valence-electron chi connectivity index (χ4n) is 3.61. The van der Waals surface area contributed by atoms with Gasteiger partial charge in [0.15, 0.2) is 0 Å². The van der Waals surface area contributed by atoms with Crippen LogP contribution in [0.25, 0.3) is 16.6 Å². The molecule has 4 aromatic rings. The number of rotatable bonds is 5. The summed E-state index contributed by atoms with van der Waals surface area (Å²) in [5.41, 5.74) is 5.42. The second-order valence-electron chi connectivity index (χ2n) is 7.33. The van der Waals surface area contributed by atoms with Crippen LogP contribution in [0.4, 0.5) is 0 Å². The van der Waals surface area contributed by atoms with Crippen LogP contribution < -0.4 is 0 Å². The van der Waals surface area contributed by atoms with Crippen molar-refractivity contribution in [2.45, 2.75) is 37.5 Å². The minimum atomic E-state index is -0.289. The van der Waals surface area contributed by atoms with E-state index in [9.17, 15) is 4.79 Å². The topological polar surface area (TPSA) is 44.1 Å². The molecular formula is C25H23ClN2O2S. The molecule has 0 radical (unpaired) electrons. The van der Waals surface area contributed by atoms with Gasteiger partial charge in [-0.15, -0.1) is 0 Å². The van der Waals surface area contributed by atoms with Crippen molar-refractivity contribution in [3.8, 4) is 5.69 Å². The van der Waals surface area contributed by atoms with Crippen molar-refractivity contribution in [1.29, 1.82) is 0 Å². The van der Waals surface area contributed by atoms with Crippen LogP contribution in [-0.4, -0.2) is 22.1 Å². The van der Waals surface area contributed by atoms with Crippen molar-refractivity contribution in [3.63, 3.8) is 0 Å². The van der Waals surface area contributed by atoms with Crippen LogP contribution in [0.15, 0.2) is 64.5 Å². The van der Waals surface area contributed by atoms with Gasteiger partial charge in [0, 0.05) is 21.4 Å². The van der Waals surface area contributed by atoms with Gasteiger partial charge in [-0.05, 0) is 63.1 Å². The summed E-state index contributed by atoms with van der Waals surface area (Å²) in [5, 5.41) is 1.67. The SMILES string of the molecule is CCOC(=O)c1cccc(Sc2cn(-c3cc(C)c(Cl)nc3C)c3ccccc23)c1C. The van der Waals surface area contributed by atoms with E-state index in [0.717, 1.165) is 43.2 Å². The molecule has 0 fully saturated rings. The normalized spacial score (nSPS) is 11.1. The molecule has 6 heteroatoms. The highest BCUT2D eigenvalue weighted by atomic mass is 35.5. The number of para-hydroxylation sites is 1. The molecule has 0 unspecified atom stereocenters. The Morgan fingerprint density at radius 2 is 1.87 bits per heavy atom. The van der Waals surface area contributed by atoms with Gasteiger partial charge in [0.1, 0.15) is 5.15 Å². The van der Waals surface area contributed by atoms with Crippen molar-refractivity contribution in [1.82, 2.24) is 9.55 Å². The van der Waals surface area contributed by atoms with E-state index in [4.69, 9.17) is 16.3 Å². The molecule has 4 rings (SSSR count). The molecule has 2 aromatic carbocycles. The van der Waals surface area contributed by atoms with E-state index in [2.05, 4.69) is 33.9 Å². The standard InChI is InChI=1S/C25H23ClN2O2S/c1-5-30-25(29)18-10-8-12-22(16(18)3)31-23-14-28(20-11-7-6-9-19(20)23)21-13-15(2)24(26)27-17(21)4/h6-14H,5H2,1-4H3. The predicted octanol–water partition coefficient (Wildman–Crippen LogP) is 6.93. The highest BCUT2D eigenvalue weighted by Gasteiger charge is 2.17. The first kappa shape index (κ1) is 21.5. The van der Waals surface area contributed by atoms with Crippen LogP contribution in [0.2, 0.25) is 5.15 Å². The number of carbonyl (C=O) groups excluding carboxylic acids is 1. The predicted molar refractivity (Wildman–Crippen MR) is 127 cm³/mol. The zero-order valence-corrected chi connectivity index (χ0v) is 19.5. The number of hydrogen-bond acceptors (Lipinski definition) is 4. The van der Waals surface area contributed by atoms with Crippen LogP contribution in [0, 0.1) is 20.8 Å². The monoisotopic (exact) mass is 450 g/mol. The van der Waals surface area contributed by atoms with E-state index in [-0.39, 0.29) is 5.97 Å². The van der Waals surface area contributed by atoms with Gasteiger partial charge in [-0.3, -0.25) is 0 Å². The Balaban J connectivity index is 1.82. The molecular weight excluding hydrogens is 428 g/mol. The minimum absolute atomic E-state index is 0.289. The maximum absolute atomic E-state index is 12.3. The van der Waals surface area contributed by atoms with Crippen molar-refractivity contribution >= 4 is 40.2 Å². The van der Waals surface area contributed by atoms with Gasteiger partial charge in [-0.25, -0.2) is 9.78 Å². The van der Waals surface area contributed by atoms with Gasteiger partial charge in [0.2, 0.25) is 0 Å². The van der Waals surface area contributed by atoms with E-state index in [1.54, 1.807) is 11.8 Å². The highest BCUT2D eigenvalue weighted by Crippen LogP contribution is 2.39. The first-order valence-electron chi connectivity index (χ1n) is 10.1. The third kappa shape index (κ3) is 4.08. The zero-order valence-electron chi connectivity index (χ0n) is 17.9. The lowest BCUT2D eigenvalue weighted by Gasteiger charge is -2.11. The van der Waals surface area contributed by atoms with Crippen molar-refractivity contribution in [2.75, 3.05) is 6.61 Å². The van der Waals surface area contributed by atoms with Crippen molar-refractivity contribution < 1.29 is 9.53 Å². The summed E-state index contributed by atoms with van der Waals surface area (Å²) in [5.74, 6) is -0.289. The molecule has 31 heavy (non-hydrogen) atoms. The number of ether oxygens (including phenoxy) is 1. The van der Waals surface area contributed by atoms with Crippen LogP contribution in [-0.2, 0) is 4.74 Å². The molecule has 0 atom stereocenters. The summed E-state index contributed by atoms with van der Waals surface area (Å²) in [4.78, 5) is 18.9. The largest absolute Gasteiger partial charge is 0.462 e. The smallest absolute Gasteiger partial charge is 0.338 e. The lowest BCUT2D eigenvalue weighted by atomic mass is 10.1. The summed E-state index contributed by atoms with van der Waals surface area (Å²) >= 11 is 7.87. The van der Waals surface area contributed by atoms with Gasteiger partial charge in [-0.2, -0.15) is 0 Å². The van der Waals surface area contributed by atoms with E-state index >= 15 is 0 Å². The van der Waals surface area contributed by atoms with Gasteiger partial charge >= 0.3 is 5.97 Å². The van der Waals surface area contributed by atoms with Crippen LogP contribution in [0.1, 0.15) is 34.1 Å². The number of aromatic nitrogens is 2. The van der Waals surface area contributed by atoms with Crippen molar-refractivity contribution in [3.05, 3.63) is 82.3 Å². The maximum atomic E-state index is 12.3. The van der Waals surface area contributed by atoms with Crippen LogP contribution in [0.3, 0.4) is 0 Å². The summed E-state index contributed by atoms with van der Waals surface area (Å²) in [7, 11) is 0. The van der Waals surface area contributed by atoms with Crippen LogP contribution >= 0.6 is 23.4 Å². The molecule has 0 aliphatic heterocycles. The number of hydrogen-bond donors (Lipinski definition) is 0. The third-order valence-electron chi connectivity index (χ3n) is 5.25. The third-order valence-corrected chi connectivity index (χ3v) is 6.84. The summed E-state index contributed by atoms with van der Waals surface area (Å²) < 4.78 is 7.37. The molecule has 0 spiro atoms. The number of aryl methyl sites for hydroxylation is 2.